The molecule has 164 valence electrons. The fourth-order valence-electron chi connectivity index (χ4n) is 2.94. The molecule has 0 radical (unpaired) electrons. The fourth-order valence-corrected chi connectivity index (χ4v) is 2.94. The zero-order valence-corrected chi connectivity index (χ0v) is 16.0. The van der Waals surface area contributed by atoms with E-state index in [1.54, 1.807) is 0 Å². The summed E-state index contributed by atoms with van der Waals surface area (Å²) < 4.78 is 39.4. The zero-order chi connectivity index (χ0) is 23.6. The van der Waals surface area contributed by atoms with E-state index in [4.69, 9.17) is 11.7 Å². The number of aromatic nitrogens is 2. The molecule has 9 nitrogen and oxygen atoms in total. The van der Waals surface area contributed by atoms with Crippen LogP contribution in [-0.4, -0.2) is 38.2 Å². The minimum absolute atomic E-state index is 0.00979. The van der Waals surface area contributed by atoms with E-state index < -0.39 is 47.0 Å². The number of carboxylic acids is 1. The van der Waals surface area contributed by atoms with Crippen LogP contribution in [0.2, 0.25) is 0 Å². The van der Waals surface area contributed by atoms with E-state index >= 15 is 0 Å². The number of carbonyl (C=O) groups is 2. The maximum atomic E-state index is 13.0. The minimum Gasteiger partial charge on any atom is -0.506 e. The molecule has 2 aromatic heterocycles. The molecule has 0 saturated heterocycles. The molecule has 1 amide bonds. The summed E-state index contributed by atoms with van der Waals surface area (Å²) in [6, 6.07) is 5.13. The molecule has 32 heavy (non-hydrogen) atoms. The molecular formula is C20H13F3N4O5. The Labute approximate surface area is 177 Å². The van der Waals surface area contributed by atoms with Gasteiger partial charge in [0.15, 0.2) is 0 Å². The molecule has 0 aliphatic carbocycles. The van der Waals surface area contributed by atoms with Crippen molar-refractivity contribution < 1.29 is 33.0 Å². The Kier molecular flexibility index (Phi) is 5.84. The van der Waals surface area contributed by atoms with E-state index in [0.29, 0.717) is 0 Å². The van der Waals surface area contributed by atoms with E-state index in [1.165, 1.54) is 6.07 Å². The number of alkyl halides is 3. The number of hydrogen-bond acceptors (Lipinski definition) is 5. The third kappa shape index (κ3) is 4.36. The summed E-state index contributed by atoms with van der Waals surface area (Å²) in [6.07, 6.45) is -3.42. The zero-order valence-electron chi connectivity index (χ0n) is 16.0. The number of aliphatic carboxylic acids is 1. The maximum absolute atomic E-state index is 13.0. The number of halogens is 3. The average Bonchev–Trinajstić information content (AvgIpc) is 2.74. The van der Waals surface area contributed by atoms with Crippen LogP contribution < -0.4 is 10.9 Å². The second kappa shape index (κ2) is 8.38. The maximum Gasteiger partial charge on any atom is 0.416 e. The topological polar surface area (TPSA) is 126 Å². The SMILES string of the molecule is [C-]#[N+]c1cnc2c(c1)c(O)c(C(=O)NCC(=O)O)c(=O)n2Cc1ccc(C(F)(F)F)cc1. The highest BCUT2D eigenvalue weighted by Gasteiger charge is 2.30. The van der Waals surface area contributed by atoms with Crippen LogP contribution >= 0.6 is 0 Å². The summed E-state index contributed by atoms with van der Waals surface area (Å²) in [7, 11) is 0. The predicted molar refractivity (Wildman–Crippen MR) is 104 cm³/mol. The van der Waals surface area contributed by atoms with Gasteiger partial charge in [-0.2, -0.15) is 13.2 Å². The Morgan fingerprint density at radius 1 is 1.22 bits per heavy atom. The molecule has 0 bridgehead atoms. The van der Waals surface area contributed by atoms with Gasteiger partial charge in [0, 0.05) is 6.20 Å². The van der Waals surface area contributed by atoms with E-state index in [0.717, 1.165) is 35.0 Å². The molecule has 0 fully saturated rings. The van der Waals surface area contributed by atoms with Crippen molar-refractivity contribution in [3.8, 4) is 5.75 Å². The molecule has 12 heteroatoms. The number of hydrogen-bond donors (Lipinski definition) is 3. The molecule has 3 N–H and O–H groups in total. The van der Waals surface area contributed by atoms with Gasteiger partial charge in [-0.25, -0.2) is 9.83 Å². The van der Waals surface area contributed by atoms with E-state index in [-0.39, 0.29) is 28.8 Å². The largest absolute Gasteiger partial charge is 0.506 e. The number of aromatic hydroxyl groups is 1. The third-order valence-electron chi connectivity index (χ3n) is 4.44. The van der Waals surface area contributed by atoms with Gasteiger partial charge < -0.3 is 15.5 Å². The van der Waals surface area contributed by atoms with Crippen LogP contribution in [0.25, 0.3) is 15.9 Å². The summed E-state index contributed by atoms with van der Waals surface area (Å²) in [4.78, 5) is 43.3. The first-order valence-electron chi connectivity index (χ1n) is 8.82. The van der Waals surface area contributed by atoms with Gasteiger partial charge in [-0.1, -0.05) is 12.1 Å². The van der Waals surface area contributed by atoms with Gasteiger partial charge in [-0.3, -0.25) is 19.0 Å². The standard InChI is InChI=1S/C20H13F3N4O5/c1-24-12-6-13-16(30)15(18(31)26-8-14(28)29)19(32)27(17(13)25-7-12)9-10-2-4-11(5-3-10)20(21,22)23/h2-7,30H,8-9H2,(H,26,31)(H,28,29). The lowest BCUT2D eigenvalue weighted by Crippen LogP contribution is -2.36. The van der Waals surface area contributed by atoms with Crippen molar-refractivity contribution in [1.29, 1.82) is 0 Å². The molecule has 2 heterocycles. The summed E-state index contributed by atoms with van der Waals surface area (Å²) in [5.41, 5.74) is -2.58. The van der Waals surface area contributed by atoms with Crippen LogP contribution in [0.3, 0.4) is 0 Å². The first-order chi connectivity index (χ1) is 15.0. The van der Waals surface area contributed by atoms with Gasteiger partial charge in [0.25, 0.3) is 11.5 Å². The van der Waals surface area contributed by atoms with Gasteiger partial charge in [-0.05, 0) is 23.8 Å². The number of fused-ring (bicyclic) bond motifs is 1. The number of rotatable bonds is 5. The highest BCUT2D eigenvalue weighted by molar-refractivity contribution is 6.03. The van der Waals surface area contributed by atoms with Crippen molar-refractivity contribution in [2.45, 2.75) is 12.7 Å². The lowest BCUT2D eigenvalue weighted by Gasteiger charge is -2.15. The van der Waals surface area contributed by atoms with Crippen LogP contribution in [0.5, 0.6) is 5.75 Å². The Morgan fingerprint density at radius 2 is 1.88 bits per heavy atom. The lowest BCUT2D eigenvalue weighted by atomic mass is 10.1. The quantitative estimate of drug-likeness (QED) is 0.517. The van der Waals surface area contributed by atoms with Crippen LogP contribution in [-0.2, 0) is 17.5 Å². The lowest BCUT2D eigenvalue weighted by molar-refractivity contribution is -0.138. The number of benzene rings is 1. The number of amides is 1. The van der Waals surface area contributed by atoms with E-state index in [2.05, 4.69) is 9.83 Å². The highest BCUT2D eigenvalue weighted by Crippen LogP contribution is 2.30. The van der Waals surface area contributed by atoms with Crippen molar-refractivity contribution in [2.24, 2.45) is 0 Å². The summed E-state index contributed by atoms with van der Waals surface area (Å²) >= 11 is 0. The van der Waals surface area contributed by atoms with E-state index in [1.807, 2.05) is 5.32 Å². The normalized spacial score (nSPS) is 11.2. The van der Waals surface area contributed by atoms with Crippen molar-refractivity contribution in [2.75, 3.05) is 6.54 Å². The molecule has 0 aliphatic rings. The van der Waals surface area contributed by atoms with Crippen molar-refractivity contribution in [3.05, 3.63) is 75.0 Å². The minimum atomic E-state index is -4.55. The Hall–Kier alpha value is -4.40. The van der Waals surface area contributed by atoms with Gasteiger partial charge in [0.1, 0.15) is 23.5 Å². The number of carboxylic acid groups (broad SMARTS) is 1. The third-order valence-corrected chi connectivity index (χ3v) is 4.44. The summed E-state index contributed by atoms with van der Waals surface area (Å²) in [5, 5.41) is 21.1. The van der Waals surface area contributed by atoms with Gasteiger partial charge in [0.05, 0.1) is 24.1 Å². The molecule has 3 rings (SSSR count). The second-order valence-corrected chi connectivity index (χ2v) is 6.56. The molecule has 0 saturated carbocycles. The fraction of sp³-hybridized carbons (Fsp3) is 0.150. The van der Waals surface area contributed by atoms with Gasteiger partial charge in [0.2, 0.25) is 5.69 Å². The number of carbonyl (C=O) groups excluding carboxylic acids is 1. The van der Waals surface area contributed by atoms with Gasteiger partial charge >= 0.3 is 12.1 Å². The molecule has 0 aliphatic heterocycles. The van der Waals surface area contributed by atoms with Crippen molar-refractivity contribution in [1.82, 2.24) is 14.9 Å². The molecular weight excluding hydrogens is 433 g/mol. The molecule has 3 aromatic rings. The van der Waals surface area contributed by atoms with Crippen LogP contribution in [0.1, 0.15) is 21.5 Å². The first kappa shape index (κ1) is 22.3. The highest BCUT2D eigenvalue weighted by atomic mass is 19.4. The van der Waals surface area contributed by atoms with E-state index in [9.17, 15) is 32.7 Å². The number of nitrogens with one attached hydrogen (secondary N) is 1. The summed E-state index contributed by atoms with van der Waals surface area (Å²) in [6.45, 7) is 5.95. The Balaban J connectivity index is 2.18. The van der Waals surface area contributed by atoms with Crippen LogP contribution in [0, 0.1) is 6.57 Å². The predicted octanol–water partition coefficient (Wildman–Crippen LogP) is 2.53. The van der Waals surface area contributed by atoms with Crippen molar-refractivity contribution >= 4 is 28.6 Å². The number of nitrogens with zero attached hydrogens (tertiary/aromatic N) is 3. The average molecular weight is 446 g/mol. The van der Waals surface area contributed by atoms with Crippen LogP contribution in [0.4, 0.5) is 18.9 Å². The van der Waals surface area contributed by atoms with Crippen LogP contribution in [0.15, 0.2) is 41.3 Å². The molecule has 0 spiro atoms. The second-order valence-electron chi connectivity index (χ2n) is 6.56. The molecule has 0 atom stereocenters. The Morgan fingerprint density at radius 3 is 2.44 bits per heavy atom. The smallest absolute Gasteiger partial charge is 0.416 e. The van der Waals surface area contributed by atoms with Crippen molar-refractivity contribution in [3.63, 3.8) is 0 Å². The first-order valence-corrected chi connectivity index (χ1v) is 8.82. The van der Waals surface area contributed by atoms with Gasteiger partial charge in [-0.15, -0.1) is 0 Å². The number of pyridine rings is 2. The molecule has 1 aromatic carbocycles. The molecule has 0 unspecified atom stereocenters. The Bertz CT molecular complexity index is 1320. The monoisotopic (exact) mass is 446 g/mol. The summed E-state index contributed by atoms with van der Waals surface area (Å²) in [5.74, 6) is -3.36.